The second-order valence-electron chi connectivity index (χ2n) is 6.74. The zero-order valence-electron chi connectivity index (χ0n) is 15.4. The van der Waals surface area contributed by atoms with Crippen molar-refractivity contribution in [2.24, 2.45) is 0 Å². The molecule has 27 heavy (non-hydrogen) atoms. The summed E-state index contributed by atoms with van der Waals surface area (Å²) in [4.78, 5) is 14.2. The Morgan fingerprint density at radius 2 is 1.89 bits per heavy atom. The van der Waals surface area contributed by atoms with E-state index in [9.17, 15) is 15.0 Å². The van der Waals surface area contributed by atoms with Crippen LogP contribution in [0.25, 0.3) is 0 Å². The zero-order chi connectivity index (χ0) is 19.1. The van der Waals surface area contributed by atoms with Crippen molar-refractivity contribution in [3.63, 3.8) is 0 Å². The minimum Gasteiger partial charge on any atom is -0.504 e. The van der Waals surface area contributed by atoms with Crippen molar-refractivity contribution < 1.29 is 15.0 Å². The molecule has 150 valence electrons. The van der Waals surface area contributed by atoms with Crippen molar-refractivity contribution in [1.29, 1.82) is 0 Å². The van der Waals surface area contributed by atoms with Crippen molar-refractivity contribution >= 4 is 17.4 Å². The fraction of sp³-hybridized carbons (Fsp3) is 0.450. The summed E-state index contributed by atoms with van der Waals surface area (Å²) in [6.45, 7) is 2.46. The normalized spacial score (nSPS) is 12.9. The van der Waals surface area contributed by atoms with Gasteiger partial charge in [-0.2, -0.15) is 11.3 Å². The quantitative estimate of drug-likeness (QED) is 0.519. The van der Waals surface area contributed by atoms with Gasteiger partial charge >= 0.3 is 6.03 Å². The molecule has 2 rings (SSSR count). The van der Waals surface area contributed by atoms with Crippen molar-refractivity contribution in [2.45, 2.75) is 39.3 Å². The lowest BCUT2D eigenvalue weighted by Gasteiger charge is -2.25. The van der Waals surface area contributed by atoms with Gasteiger partial charge in [-0.15, -0.1) is 0 Å². The van der Waals surface area contributed by atoms with E-state index in [1.165, 1.54) is 11.6 Å². The molecule has 0 aliphatic carbocycles. The lowest BCUT2D eigenvalue weighted by molar-refractivity contribution is 0.229. The molecule has 0 fully saturated rings. The zero-order valence-corrected chi connectivity index (χ0v) is 16.2. The second kappa shape index (κ2) is 10.8. The average Bonchev–Trinajstić information content (AvgIpc) is 3.07. The third-order valence-electron chi connectivity index (χ3n) is 4.24. The molecule has 1 aromatic heterocycles. The summed E-state index contributed by atoms with van der Waals surface area (Å²) in [5.41, 5.74) is 2.12. The molecule has 0 spiro atoms. The molecule has 1 aromatic carbocycles. The third kappa shape index (κ3) is 7.48. The highest BCUT2D eigenvalue weighted by Gasteiger charge is 2.15. The Balaban J connectivity index is 0.00000364. The van der Waals surface area contributed by atoms with Crippen LogP contribution in [0, 0.1) is 0 Å². The van der Waals surface area contributed by atoms with Gasteiger partial charge in [-0.25, -0.2) is 4.79 Å². The van der Waals surface area contributed by atoms with Crippen LogP contribution in [0.2, 0.25) is 0 Å². The highest BCUT2D eigenvalue weighted by Crippen LogP contribution is 2.25. The maximum absolute atomic E-state index is 12.1. The molecular formula is C20H31N3O3S. The number of thiophene rings is 1. The first-order valence-corrected chi connectivity index (χ1v) is 9.52. The number of benzene rings is 1. The van der Waals surface area contributed by atoms with Gasteiger partial charge in [-0.3, -0.25) is 0 Å². The number of rotatable bonds is 8. The molecule has 0 radical (unpaired) electrons. The van der Waals surface area contributed by atoms with E-state index in [0.29, 0.717) is 13.0 Å². The van der Waals surface area contributed by atoms with Gasteiger partial charge in [-0.1, -0.05) is 13.5 Å². The molecule has 0 aliphatic rings. The Labute approximate surface area is 165 Å². The first kappa shape index (κ1) is 22.8. The number of hydrogen-bond donors (Lipinski definition) is 4. The maximum atomic E-state index is 12.1. The molecule has 4 N–H and O–H groups in total. The standard InChI is InChI=1S/C19H27N3O3S.CH4/c1-13(8-15-6-7-26-12-15)21-19(25)20-11-16(22(2)3)9-14-4-5-17(23)18(24)10-14;/h4-7,10,12-13,16,23-24H,8-9,11H2,1-3H3,(H2,20,21,25);1H4/t13-,16-;/m0./s1. The first-order valence-electron chi connectivity index (χ1n) is 8.58. The highest BCUT2D eigenvalue weighted by molar-refractivity contribution is 7.07. The van der Waals surface area contributed by atoms with Crippen LogP contribution < -0.4 is 10.6 Å². The maximum Gasteiger partial charge on any atom is 0.315 e. The average molecular weight is 394 g/mol. The first-order chi connectivity index (χ1) is 12.3. The molecule has 0 aliphatic heterocycles. The number of carbonyl (C=O) groups excluding carboxylic acids is 1. The molecule has 0 unspecified atom stereocenters. The molecule has 0 saturated heterocycles. The van der Waals surface area contributed by atoms with Gasteiger partial charge in [-0.05, 0) is 73.9 Å². The Hall–Kier alpha value is -2.25. The van der Waals surface area contributed by atoms with Crippen LogP contribution in [0.5, 0.6) is 11.5 Å². The highest BCUT2D eigenvalue weighted by atomic mass is 32.1. The van der Waals surface area contributed by atoms with Crippen LogP contribution in [0.15, 0.2) is 35.0 Å². The smallest absolute Gasteiger partial charge is 0.315 e. The van der Waals surface area contributed by atoms with Gasteiger partial charge in [0.05, 0.1) is 0 Å². The number of amides is 2. The van der Waals surface area contributed by atoms with Gasteiger partial charge < -0.3 is 25.7 Å². The Bertz CT molecular complexity index is 705. The molecule has 2 amide bonds. The SMILES string of the molecule is C.C[C@@H](Cc1ccsc1)NC(=O)NC[C@H](Cc1ccc(O)c(O)c1)N(C)C. The van der Waals surface area contributed by atoms with Crippen molar-refractivity contribution in [3.8, 4) is 11.5 Å². The van der Waals surface area contributed by atoms with E-state index in [4.69, 9.17) is 0 Å². The Morgan fingerprint density at radius 3 is 2.48 bits per heavy atom. The summed E-state index contributed by atoms with van der Waals surface area (Å²) in [7, 11) is 3.90. The molecular weight excluding hydrogens is 362 g/mol. The van der Waals surface area contributed by atoms with Gasteiger partial charge in [0, 0.05) is 18.6 Å². The predicted molar refractivity (Wildman–Crippen MR) is 112 cm³/mol. The summed E-state index contributed by atoms with van der Waals surface area (Å²) < 4.78 is 0. The van der Waals surface area contributed by atoms with Crippen LogP contribution in [0.3, 0.4) is 0 Å². The fourth-order valence-electron chi connectivity index (χ4n) is 2.70. The minimum absolute atomic E-state index is 0. The number of phenolic OH excluding ortho intramolecular Hbond substituents is 2. The van der Waals surface area contributed by atoms with E-state index < -0.39 is 0 Å². The molecule has 7 heteroatoms. The number of urea groups is 1. The minimum atomic E-state index is -0.187. The molecule has 1 heterocycles. The third-order valence-corrected chi connectivity index (χ3v) is 4.97. The summed E-state index contributed by atoms with van der Waals surface area (Å²) >= 11 is 1.65. The number of aromatic hydroxyl groups is 2. The van der Waals surface area contributed by atoms with E-state index in [1.807, 2.05) is 31.3 Å². The van der Waals surface area contributed by atoms with Crippen molar-refractivity contribution in [3.05, 3.63) is 46.2 Å². The lowest BCUT2D eigenvalue weighted by atomic mass is 10.0. The largest absolute Gasteiger partial charge is 0.504 e. The second-order valence-corrected chi connectivity index (χ2v) is 7.52. The fourth-order valence-corrected chi connectivity index (χ4v) is 3.39. The van der Waals surface area contributed by atoms with E-state index in [0.717, 1.165) is 12.0 Å². The molecule has 2 atom stereocenters. The van der Waals surface area contributed by atoms with Gasteiger partial charge in [0.25, 0.3) is 0 Å². The number of likely N-dealkylation sites (N-methyl/N-ethyl adjacent to an activating group) is 1. The molecule has 2 aromatic rings. The van der Waals surface area contributed by atoms with E-state index in [1.54, 1.807) is 23.5 Å². The van der Waals surface area contributed by atoms with Gasteiger partial charge in [0.2, 0.25) is 0 Å². The summed E-state index contributed by atoms with van der Waals surface area (Å²) in [6, 6.07) is 6.80. The number of nitrogens with zero attached hydrogens (tertiary/aromatic N) is 1. The summed E-state index contributed by atoms with van der Waals surface area (Å²) in [6.07, 6.45) is 1.45. The van der Waals surface area contributed by atoms with Crippen LogP contribution >= 0.6 is 11.3 Å². The Kier molecular flexibility index (Phi) is 9.11. The number of hydrogen-bond acceptors (Lipinski definition) is 5. The van der Waals surface area contributed by atoms with Gasteiger partial charge in [0.1, 0.15) is 0 Å². The monoisotopic (exact) mass is 393 g/mol. The van der Waals surface area contributed by atoms with Crippen LogP contribution in [-0.2, 0) is 12.8 Å². The van der Waals surface area contributed by atoms with E-state index >= 15 is 0 Å². The topological polar surface area (TPSA) is 84.8 Å². The number of phenols is 2. The number of nitrogens with one attached hydrogen (secondary N) is 2. The number of carbonyl (C=O) groups is 1. The van der Waals surface area contributed by atoms with E-state index in [2.05, 4.69) is 22.1 Å². The summed E-state index contributed by atoms with van der Waals surface area (Å²) in [5.74, 6) is -0.264. The van der Waals surface area contributed by atoms with Gasteiger partial charge in [0.15, 0.2) is 11.5 Å². The predicted octanol–water partition coefficient (Wildman–Crippen LogP) is 3.20. The lowest BCUT2D eigenvalue weighted by Crippen LogP contribution is -2.47. The molecule has 6 nitrogen and oxygen atoms in total. The molecule has 0 saturated carbocycles. The van der Waals surface area contributed by atoms with Crippen LogP contribution in [0.4, 0.5) is 4.79 Å². The van der Waals surface area contributed by atoms with Crippen LogP contribution in [0.1, 0.15) is 25.5 Å². The van der Waals surface area contributed by atoms with Crippen molar-refractivity contribution in [2.75, 3.05) is 20.6 Å². The van der Waals surface area contributed by atoms with E-state index in [-0.39, 0.29) is 37.0 Å². The Morgan fingerprint density at radius 1 is 1.15 bits per heavy atom. The molecule has 0 bridgehead atoms. The van der Waals surface area contributed by atoms with Crippen molar-refractivity contribution in [1.82, 2.24) is 15.5 Å². The summed E-state index contributed by atoms with van der Waals surface area (Å²) in [5, 5.41) is 29.0. The van der Waals surface area contributed by atoms with Crippen LogP contribution in [-0.4, -0.2) is 53.9 Å².